The van der Waals surface area contributed by atoms with E-state index in [1.165, 1.54) is 0 Å². The van der Waals surface area contributed by atoms with E-state index in [4.69, 9.17) is 11.3 Å². The van der Waals surface area contributed by atoms with Gasteiger partial charge in [-0.3, -0.25) is 14.9 Å². The van der Waals surface area contributed by atoms with Crippen LogP contribution in [-0.4, -0.2) is 60.7 Å². The highest BCUT2D eigenvalue weighted by Crippen LogP contribution is 2.27. The van der Waals surface area contributed by atoms with E-state index in [0.29, 0.717) is 30.4 Å². The number of carbonyl (C=O) groups is 1. The zero-order valence-corrected chi connectivity index (χ0v) is 20.0. The number of aryl methyl sites for hydroxylation is 1. The molecule has 1 amide bonds. The number of amides is 1. The fraction of sp³-hybridized carbons (Fsp3) is 0.462. The normalized spacial score (nSPS) is 20.2. The molecule has 2 aromatic rings. The number of rotatable bonds is 7. The predicted molar refractivity (Wildman–Crippen MR) is 135 cm³/mol. The first-order valence-electron chi connectivity index (χ1n) is 12.1. The van der Waals surface area contributed by atoms with Crippen LogP contribution in [-0.2, 0) is 9.53 Å². The summed E-state index contributed by atoms with van der Waals surface area (Å²) in [6, 6.07) is 13.0. The zero-order chi connectivity index (χ0) is 24.8. The average Bonchev–Trinajstić information content (AvgIpc) is 2.88. The molecule has 1 aliphatic carbocycles. The van der Waals surface area contributed by atoms with Crippen molar-refractivity contribution in [3.63, 3.8) is 0 Å². The molecule has 1 aliphatic heterocycles. The summed E-state index contributed by atoms with van der Waals surface area (Å²) < 4.78 is 5.96. The summed E-state index contributed by atoms with van der Waals surface area (Å²) in [6.07, 6.45) is 3.70. The van der Waals surface area contributed by atoms with Crippen LogP contribution in [0.1, 0.15) is 31.2 Å². The maximum atomic E-state index is 12.7. The summed E-state index contributed by atoms with van der Waals surface area (Å²) in [5.74, 6) is 0.0367. The number of nitrogens with zero attached hydrogens (tertiary/aromatic N) is 4. The number of anilines is 2. The van der Waals surface area contributed by atoms with Crippen molar-refractivity contribution in [1.29, 1.82) is 0 Å². The lowest BCUT2D eigenvalue weighted by atomic mass is 9.92. The Kier molecular flexibility index (Phi) is 7.83. The topological polar surface area (TPSA) is 92.3 Å². The first kappa shape index (κ1) is 24.5. The van der Waals surface area contributed by atoms with Crippen molar-refractivity contribution in [3.05, 3.63) is 69.6 Å². The van der Waals surface area contributed by atoms with Crippen molar-refractivity contribution in [1.82, 2.24) is 4.90 Å². The second kappa shape index (κ2) is 11.2. The smallest absolute Gasteiger partial charge is 0.272 e. The molecule has 9 nitrogen and oxygen atoms in total. The highest BCUT2D eigenvalue weighted by Gasteiger charge is 2.25. The van der Waals surface area contributed by atoms with Gasteiger partial charge in [-0.1, -0.05) is 12.1 Å². The Labute approximate surface area is 205 Å². The molecule has 184 valence electrons. The van der Waals surface area contributed by atoms with Crippen LogP contribution in [0.15, 0.2) is 42.5 Å². The molecule has 0 atom stereocenters. The van der Waals surface area contributed by atoms with Gasteiger partial charge < -0.3 is 19.9 Å². The second-order valence-electron chi connectivity index (χ2n) is 9.18. The van der Waals surface area contributed by atoms with Crippen LogP contribution < -0.4 is 10.2 Å². The van der Waals surface area contributed by atoms with Crippen LogP contribution in [0.2, 0.25) is 0 Å². The Morgan fingerprint density at radius 1 is 1.11 bits per heavy atom. The molecule has 1 saturated carbocycles. The molecule has 1 saturated heterocycles. The number of hydrogen-bond donors (Lipinski definition) is 1. The van der Waals surface area contributed by atoms with Crippen LogP contribution in [0.4, 0.5) is 22.7 Å². The van der Waals surface area contributed by atoms with E-state index < -0.39 is 0 Å². The molecule has 0 radical (unpaired) electrons. The highest BCUT2D eigenvalue weighted by molar-refractivity contribution is 5.77. The molecule has 1 N–H and O–H groups in total. The van der Waals surface area contributed by atoms with Crippen LogP contribution in [0.5, 0.6) is 0 Å². The minimum absolute atomic E-state index is 0.0367. The number of carbonyl (C=O) groups excluding carboxylic acids is 1. The van der Waals surface area contributed by atoms with Gasteiger partial charge in [-0.05, 0) is 56.9 Å². The quantitative estimate of drug-likeness (QED) is 0.358. The number of piperazine rings is 1. The minimum Gasteiger partial charge on any atom is -0.382 e. The fourth-order valence-corrected chi connectivity index (χ4v) is 4.79. The number of ether oxygens (including phenoxy) is 1. The summed E-state index contributed by atoms with van der Waals surface area (Å²) in [5, 5.41) is 14.5. The van der Waals surface area contributed by atoms with E-state index >= 15 is 0 Å². The van der Waals surface area contributed by atoms with E-state index in [-0.39, 0.29) is 29.2 Å². The SMILES string of the molecule is [C-]#[N+]c1ccc(N2CCN(C(=O)COC3CCC(Nc4ccc([N+](=O)[O-])c(C)c4)CC3)CC2)cc1. The van der Waals surface area contributed by atoms with Crippen LogP contribution in [0.25, 0.3) is 4.85 Å². The molecule has 1 heterocycles. The largest absolute Gasteiger partial charge is 0.382 e. The van der Waals surface area contributed by atoms with Gasteiger partial charge in [-0.25, -0.2) is 4.85 Å². The average molecular weight is 478 g/mol. The van der Waals surface area contributed by atoms with Gasteiger partial charge in [0.05, 0.1) is 17.6 Å². The molecular formula is C26H31N5O4. The molecule has 9 heteroatoms. The van der Waals surface area contributed by atoms with Crippen molar-refractivity contribution in [2.45, 2.75) is 44.8 Å². The van der Waals surface area contributed by atoms with Gasteiger partial charge in [0, 0.05) is 55.2 Å². The lowest BCUT2D eigenvalue weighted by Crippen LogP contribution is -2.50. The van der Waals surface area contributed by atoms with Crippen molar-refractivity contribution in [2.75, 3.05) is 43.0 Å². The molecule has 4 rings (SSSR count). The van der Waals surface area contributed by atoms with E-state index in [1.54, 1.807) is 19.1 Å². The van der Waals surface area contributed by atoms with Gasteiger partial charge in [-0.2, -0.15) is 0 Å². The van der Waals surface area contributed by atoms with E-state index in [1.807, 2.05) is 35.2 Å². The maximum Gasteiger partial charge on any atom is 0.272 e. The Balaban J connectivity index is 1.16. The number of nitrogens with one attached hydrogen (secondary N) is 1. The third-order valence-corrected chi connectivity index (χ3v) is 6.86. The van der Waals surface area contributed by atoms with E-state index in [9.17, 15) is 14.9 Å². The molecule has 0 bridgehead atoms. The van der Waals surface area contributed by atoms with E-state index in [0.717, 1.165) is 50.1 Å². The van der Waals surface area contributed by atoms with Crippen LogP contribution in [0.3, 0.4) is 0 Å². The number of nitro benzene ring substituents is 1. The molecule has 0 spiro atoms. The standard InChI is InChI=1S/C26H31N5O4/c1-19-17-22(7-12-25(19)31(33)34)28-21-5-10-24(11-6-21)35-18-26(32)30-15-13-29(14-16-30)23-8-3-20(27-2)4-9-23/h3-4,7-9,12,17,21,24,28H,5-6,10-11,13-16,18H2,1H3. The second-order valence-corrected chi connectivity index (χ2v) is 9.18. The Hall–Kier alpha value is -3.64. The molecule has 35 heavy (non-hydrogen) atoms. The van der Waals surface area contributed by atoms with Gasteiger partial charge in [0.1, 0.15) is 6.61 Å². The minimum atomic E-state index is -0.362. The van der Waals surface area contributed by atoms with Gasteiger partial charge >= 0.3 is 0 Å². The Morgan fingerprint density at radius 2 is 1.80 bits per heavy atom. The first-order valence-corrected chi connectivity index (χ1v) is 12.1. The highest BCUT2D eigenvalue weighted by atomic mass is 16.6. The molecule has 0 unspecified atom stereocenters. The zero-order valence-electron chi connectivity index (χ0n) is 20.0. The summed E-state index contributed by atoms with van der Waals surface area (Å²) in [4.78, 5) is 30.8. The summed E-state index contributed by atoms with van der Waals surface area (Å²) in [6.45, 7) is 11.8. The van der Waals surface area contributed by atoms with Gasteiger partial charge in [0.25, 0.3) is 5.69 Å². The fourth-order valence-electron chi connectivity index (χ4n) is 4.79. The van der Waals surface area contributed by atoms with Gasteiger partial charge in [0.15, 0.2) is 5.69 Å². The molecule has 2 fully saturated rings. The van der Waals surface area contributed by atoms with E-state index in [2.05, 4.69) is 15.1 Å². The Bertz CT molecular complexity index is 1080. The third-order valence-electron chi connectivity index (χ3n) is 6.86. The number of hydrogen-bond acceptors (Lipinski definition) is 6. The monoisotopic (exact) mass is 477 g/mol. The number of nitro groups is 1. The van der Waals surface area contributed by atoms with Gasteiger partial charge in [-0.15, -0.1) is 0 Å². The van der Waals surface area contributed by atoms with Gasteiger partial charge in [0.2, 0.25) is 5.91 Å². The lowest BCUT2D eigenvalue weighted by molar-refractivity contribution is -0.385. The Morgan fingerprint density at radius 3 is 2.40 bits per heavy atom. The first-order chi connectivity index (χ1) is 16.9. The third kappa shape index (κ3) is 6.28. The molecular weight excluding hydrogens is 446 g/mol. The number of benzene rings is 2. The maximum absolute atomic E-state index is 12.7. The molecule has 2 aliphatic rings. The van der Waals surface area contributed by atoms with Crippen molar-refractivity contribution >= 4 is 28.7 Å². The van der Waals surface area contributed by atoms with Crippen molar-refractivity contribution in [3.8, 4) is 0 Å². The van der Waals surface area contributed by atoms with Crippen LogP contribution >= 0.6 is 0 Å². The predicted octanol–water partition coefficient (Wildman–Crippen LogP) is 4.54. The molecule has 2 aromatic carbocycles. The van der Waals surface area contributed by atoms with Crippen LogP contribution in [0, 0.1) is 23.6 Å². The van der Waals surface area contributed by atoms with Crippen molar-refractivity contribution < 1.29 is 14.5 Å². The summed E-state index contributed by atoms with van der Waals surface area (Å²) in [5.41, 5.74) is 3.39. The summed E-state index contributed by atoms with van der Waals surface area (Å²) >= 11 is 0. The lowest BCUT2D eigenvalue weighted by Gasteiger charge is -2.36. The van der Waals surface area contributed by atoms with Crippen molar-refractivity contribution in [2.24, 2.45) is 0 Å². The molecule has 0 aromatic heterocycles. The summed E-state index contributed by atoms with van der Waals surface area (Å²) in [7, 11) is 0.